The molecule has 102 valence electrons. The van der Waals surface area contributed by atoms with E-state index in [1.165, 1.54) is 0 Å². The first-order chi connectivity index (χ1) is 7.40. The molecule has 0 aromatic rings. The normalized spacial score (nSPS) is 13.7. The first kappa shape index (κ1) is 16.4. The number of alkyl halides is 6. The summed E-state index contributed by atoms with van der Waals surface area (Å²) in [7, 11) is -4.34. The van der Waals surface area contributed by atoms with Crippen molar-refractivity contribution < 1.29 is 44.3 Å². The zero-order valence-electron chi connectivity index (χ0n) is 8.32. The summed E-state index contributed by atoms with van der Waals surface area (Å²) in [6, 6.07) is 0. The van der Waals surface area contributed by atoms with E-state index in [4.69, 9.17) is 0 Å². The molecule has 3 nitrogen and oxygen atoms in total. The van der Waals surface area contributed by atoms with Crippen molar-refractivity contribution in [2.45, 2.75) is 12.4 Å². The highest BCUT2D eigenvalue weighted by Crippen LogP contribution is 2.60. The quantitative estimate of drug-likeness (QED) is 0.586. The molecule has 0 N–H and O–H groups in total. The van der Waals surface area contributed by atoms with Crippen LogP contribution in [-0.4, -0.2) is 26.6 Å². The fourth-order valence-electron chi connectivity index (χ4n) is 0.766. The average Bonchev–Trinajstić information content (AvgIpc) is 2.11. The van der Waals surface area contributed by atoms with Gasteiger partial charge in [0.15, 0.2) is 5.57 Å². The molecule has 11 heteroatoms. The molecule has 0 bridgehead atoms. The molecule has 0 aromatic carbocycles. The Kier molecular flexibility index (Phi) is 4.77. The van der Waals surface area contributed by atoms with Gasteiger partial charge in [0.1, 0.15) is 0 Å². The molecule has 0 unspecified atom stereocenters. The van der Waals surface area contributed by atoms with Gasteiger partial charge in [0.25, 0.3) is 0 Å². The second-order valence-corrected chi connectivity index (χ2v) is 4.64. The van der Waals surface area contributed by atoms with E-state index in [0.29, 0.717) is 14.2 Å². The number of halogens is 7. The molecule has 0 saturated carbocycles. The molecule has 0 aromatic heterocycles. The zero-order valence-corrected chi connectivity index (χ0v) is 9.21. The van der Waals surface area contributed by atoms with Gasteiger partial charge in [0, 0.05) is 14.2 Å². The maximum atomic E-state index is 13.0. The minimum absolute atomic E-state index is 0.453. The SMILES string of the molecule is COP(=O)(OC)C(F)=C(C(F)(F)F)C(F)(F)F. The summed E-state index contributed by atoms with van der Waals surface area (Å²) >= 11 is 0. The minimum Gasteiger partial charge on any atom is -0.307 e. The van der Waals surface area contributed by atoms with Crippen molar-refractivity contribution in [2.75, 3.05) is 14.2 Å². The van der Waals surface area contributed by atoms with Crippen molar-refractivity contribution in [3.8, 4) is 0 Å². The molecule has 0 aliphatic heterocycles. The van der Waals surface area contributed by atoms with Crippen LogP contribution in [0.5, 0.6) is 0 Å². The predicted molar refractivity (Wildman–Crippen MR) is 41.9 cm³/mol. The summed E-state index contributed by atoms with van der Waals surface area (Å²) in [5, 5.41) is 0. The first-order valence-corrected chi connectivity index (χ1v) is 5.20. The number of rotatable bonds is 3. The van der Waals surface area contributed by atoms with Gasteiger partial charge >= 0.3 is 19.9 Å². The lowest BCUT2D eigenvalue weighted by Gasteiger charge is -2.19. The van der Waals surface area contributed by atoms with E-state index in [2.05, 4.69) is 9.05 Å². The first-order valence-electron chi connectivity index (χ1n) is 3.66. The van der Waals surface area contributed by atoms with Gasteiger partial charge in [0.05, 0.1) is 0 Å². The highest BCUT2D eigenvalue weighted by Gasteiger charge is 2.57. The third kappa shape index (κ3) is 3.68. The Hall–Kier alpha value is -0.600. The summed E-state index contributed by atoms with van der Waals surface area (Å²) in [5.74, 6) is 0. The van der Waals surface area contributed by atoms with Crippen molar-refractivity contribution in [3.63, 3.8) is 0 Å². The Balaban J connectivity index is 6.00. The number of hydrogen-bond donors (Lipinski definition) is 0. The van der Waals surface area contributed by atoms with Gasteiger partial charge in [-0.2, -0.15) is 30.7 Å². The van der Waals surface area contributed by atoms with Gasteiger partial charge in [-0.1, -0.05) is 0 Å². The molecule has 17 heavy (non-hydrogen) atoms. The van der Waals surface area contributed by atoms with Crippen LogP contribution in [0.2, 0.25) is 0 Å². The zero-order chi connectivity index (χ0) is 14.1. The molecular weight excluding hydrogens is 284 g/mol. The Morgan fingerprint density at radius 2 is 1.24 bits per heavy atom. The lowest BCUT2D eigenvalue weighted by molar-refractivity contribution is -0.174. The van der Waals surface area contributed by atoms with E-state index < -0.39 is 31.1 Å². The van der Waals surface area contributed by atoms with Crippen LogP contribution in [0.25, 0.3) is 0 Å². The molecule has 0 radical (unpaired) electrons. The van der Waals surface area contributed by atoms with Crippen molar-refractivity contribution >= 4 is 7.60 Å². The third-order valence-corrected chi connectivity index (χ3v) is 3.16. The van der Waals surface area contributed by atoms with Crippen molar-refractivity contribution in [3.05, 3.63) is 11.1 Å². The Morgan fingerprint density at radius 3 is 1.41 bits per heavy atom. The number of hydrogen-bond acceptors (Lipinski definition) is 3. The van der Waals surface area contributed by atoms with Crippen LogP contribution in [0.1, 0.15) is 0 Å². The van der Waals surface area contributed by atoms with E-state index >= 15 is 0 Å². The summed E-state index contributed by atoms with van der Waals surface area (Å²) in [5.41, 5.74) is -6.57. The smallest absolute Gasteiger partial charge is 0.307 e. The monoisotopic (exact) mass is 290 g/mol. The molecule has 0 saturated heterocycles. The van der Waals surface area contributed by atoms with Crippen LogP contribution in [-0.2, 0) is 13.6 Å². The lowest BCUT2D eigenvalue weighted by Crippen LogP contribution is -2.27. The van der Waals surface area contributed by atoms with E-state index in [-0.39, 0.29) is 0 Å². The van der Waals surface area contributed by atoms with Crippen molar-refractivity contribution in [1.82, 2.24) is 0 Å². The Morgan fingerprint density at radius 1 is 0.941 bits per heavy atom. The van der Waals surface area contributed by atoms with Gasteiger partial charge in [0.2, 0.25) is 5.57 Å². The van der Waals surface area contributed by atoms with E-state index in [1.54, 1.807) is 0 Å². The molecule has 0 rings (SSSR count). The molecule has 0 atom stereocenters. The molecule has 0 spiro atoms. The maximum absolute atomic E-state index is 13.0. The second kappa shape index (κ2) is 4.95. The molecule has 0 aliphatic rings. The summed E-state index contributed by atoms with van der Waals surface area (Å²) < 4.78 is 104. The highest BCUT2D eigenvalue weighted by molar-refractivity contribution is 7.58. The van der Waals surface area contributed by atoms with Crippen LogP contribution in [0.4, 0.5) is 30.7 Å². The molecule has 0 aliphatic carbocycles. The topological polar surface area (TPSA) is 35.5 Å². The summed E-state index contributed by atoms with van der Waals surface area (Å²) in [6.45, 7) is 0. The van der Waals surface area contributed by atoms with Gasteiger partial charge in [-0.25, -0.2) is 0 Å². The van der Waals surface area contributed by atoms with Gasteiger partial charge in [-0.05, 0) is 0 Å². The summed E-state index contributed by atoms with van der Waals surface area (Å²) in [6.07, 6.45) is -12.1. The third-order valence-electron chi connectivity index (χ3n) is 1.49. The Bertz CT molecular complexity index is 332. The van der Waals surface area contributed by atoms with Crippen LogP contribution in [0.3, 0.4) is 0 Å². The second-order valence-electron chi connectivity index (χ2n) is 2.52. The van der Waals surface area contributed by atoms with Crippen molar-refractivity contribution in [1.29, 1.82) is 0 Å². The highest BCUT2D eigenvalue weighted by atomic mass is 31.2. The molecule has 0 amide bonds. The largest absolute Gasteiger partial charge is 0.424 e. The number of allylic oxidation sites excluding steroid dienone is 1. The average molecular weight is 290 g/mol. The van der Waals surface area contributed by atoms with Crippen LogP contribution < -0.4 is 0 Å². The Labute approximate surface area is 90.7 Å². The van der Waals surface area contributed by atoms with Gasteiger partial charge in [-0.3, -0.25) is 4.57 Å². The van der Waals surface area contributed by atoms with Gasteiger partial charge < -0.3 is 9.05 Å². The van der Waals surface area contributed by atoms with Crippen molar-refractivity contribution in [2.24, 2.45) is 0 Å². The molecule has 0 heterocycles. The standard InChI is InChI=1S/C6H6F7O3P/c1-15-17(14,16-2)4(7)3(5(8,9)10)6(11,12)13/h1-2H3. The fourth-order valence-corrected chi connectivity index (χ4v) is 1.76. The van der Waals surface area contributed by atoms with Crippen LogP contribution >= 0.6 is 7.60 Å². The van der Waals surface area contributed by atoms with Crippen LogP contribution in [0.15, 0.2) is 11.1 Å². The van der Waals surface area contributed by atoms with Gasteiger partial charge in [-0.15, -0.1) is 0 Å². The fraction of sp³-hybridized carbons (Fsp3) is 0.667. The maximum Gasteiger partial charge on any atom is 0.424 e. The molecule has 0 fully saturated rings. The van der Waals surface area contributed by atoms with Crippen LogP contribution in [0, 0.1) is 0 Å². The summed E-state index contributed by atoms with van der Waals surface area (Å²) in [4.78, 5) is 0. The predicted octanol–water partition coefficient (Wildman–Crippen LogP) is 3.78. The lowest BCUT2D eigenvalue weighted by atomic mass is 10.3. The molecular formula is C6H6F7O3P. The van der Waals surface area contributed by atoms with E-state index in [9.17, 15) is 35.3 Å². The van der Waals surface area contributed by atoms with E-state index in [0.717, 1.165) is 0 Å². The minimum atomic E-state index is -6.07. The van der Waals surface area contributed by atoms with E-state index in [1.807, 2.05) is 0 Å².